The summed E-state index contributed by atoms with van der Waals surface area (Å²) in [5.41, 5.74) is 2.54. The van der Waals surface area contributed by atoms with Gasteiger partial charge in [0.15, 0.2) is 0 Å². The molecule has 1 aromatic rings. The summed E-state index contributed by atoms with van der Waals surface area (Å²) in [6.45, 7) is 1.70. The number of hydrogen-bond acceptors (Lipinski definition) is 4. The molecule has 0 aliphatic rings. The third kappa shape index (κ3) is 4.07. The molecule has 0 fully saturated rings. The fourth-order valence-electron chi connectivity index (χ4n) is 1.24. The van der Waals surface area contributed by atoms with Crippen molar-refractivity contribution < 1.29 is 14.7 Å². The van der Waals surface area contributed by atoms with Crippen LogP contribution >= 0.6 is 11.3 Å². The number of terminal acetylenes is 1. The summed E-state index contributed by atoms with van der Waals surface area (Å²) >= 11 is 1.43. The Hall–Kier alpha value is -2.07. The van der Waals surface area contributed by atoms with Crippen LogP contribution in [0.3, 0.4) is 0 Å². The lowest BCUT2D eigenvalue weighted by Gasteiger charge is -2.18. The van der Waals surface area contributed by atoms with E-state index in [-0.39, 0.29) is 6.54 Å². The maximum atomic E-state index is 11.7. The number of thiazole rings is 1. The molecule has 2 N–H and O–H groups in total. The number of nitrogens with zero attached hydrogens (tertiary/aromatic N) is 2. The van der Waals surface area contributed by atoms with Crippen molar-refractivity contribution in [3.8, 4) is 12.3 Å². The minimum absolute atomic E-state index is 0.0419. The molecule has 0 bridgehead atoms. The lowest BCUT2D eigenvalue weighted by atomic mass is 10.4. The average Bonchev–Trinajstić information content (AvgIpc) is 2.70. The van der Waals surface area contributed by atoms with E-state index in [2.05, 4.69) is 16.2 Å². The van der Waals surface area contributed by atoms with Crippen molar-refractivity contribution in [2.24, 2.45) is 0 Å². The Morgan fingerprint density at radius 3 is 2.89 bits per heavy atom. The molecule has 6 nitrogen and oxygen atoms in total. The summed E-state index contributed by atoms with van der Waals surface area (Å²) in [4.78, 5) is 28.3. The van der Waals surface area contributed by atoms with Gasteiger partial charge in [0.2, 0.25) is 0 Å². The van der Waals surface area contributed by atoms with Crippen molar-refractivity contribution in [2.45, 2.75) is 13.5 Å². The Kier molecular flexibility index (Phi) is 5.14. The van der Waals surface area contributed by atoms with Gasteiger partial charge in [-0.1, -0.05) is 5.92 Å². The molecule has 96 valence electrons. The van der Waals surface area contributed by atoms with Crippen molar-refractivity contribution in [1.82, 2.24) is 15.2 Å². The van der Waals surface area contributed by atoms with Gasteiger partial charge in [-0.2, -0.15) is 0 Å². The first kappa shape index (κ1) is 14.0. The molecule has 0 saturated heterocycles. The smallest absolute Gasteiger partial charge is 0.323 e. The first-order chi connectivity index (χ1) is 8.54. The van der Waals surface area contributed by atoms with Gasteiger partial charge in [0.1, 0.15) is 6.54 Å². The minimum Gasteiger partial charge on any atom is -0.480 e. The van der Waals surface area contributed by atoms with E-state index in [0.29, 0.717) is 6.54 Å². The van der Waals surface area contributed by atoms with Gasteiger partial charge in [-0.15, -0.1) is 17.8 Å². The predicted octanol–water partition coefficient (Wildman–Crippen LogP) is 0.681. The molecule has 7 heteroatoms. The van der Waals surface area contributed by atoms with E-state index in [1.807, 2.05) is 6.92 Å². The maximum Gasteiger partial charge on any atom is 0.323 e. The van der Waals surface area contributed by atoms with Gasteiger partial charge in [-0.3, -0.25) is 4.79 Å². The van der Waals surface area contributed by atoms with Crippen LogP contribution in [0.1, 0.15) is 10.6 Å². The molecule has 1 rings (SSSR count). The SMILES string of the molecule is C#CCN(CC(=O)O)C(=O)NCc1scnc1C. The summed E-state index contributed by atoms with van der Waals surface area (Å²) in [6, 6.07) is -0.497. The monoisotopic (exact) mass is 267 g/mol. The van der Waals surface area contributed by atoms with E-state index in [0.717, 1.165) is 15.5 Å². The number of carboxylic acids is 1. The van der Waals surface area contributed by atoms with Crippen molar-refractivity contribution in [3.05, 3.63) is 16.1 Å². The Morgan fingerprint density at radius 1 is 1.67 bits per heavy atom. The fourth-order valence-corrected chi connectivity index (χ4v) is 1.95. The summed E-state index contributed by atoms with van der Waals surface area (Å²) in [5, 5.41) is 11.3. The van der Waals surface area contributed by atoms with Crippen LogP contribution in [0.5, 0.6) is 0 Å². The highest BCUT2D eigenvalue weighted by Crippen LogP contribution is 2.11. The number of aromatic nitrogens is 1. The standard InChI is InChI=1S/C11H13N3O3S/c1-3-4-14(6-10(15)16)11(17)12-5-9-8(2)13-7-18-9/h1,7H,4-6H2,2H3,(H,12,17)(H,15,16). The number of carboxylic acid groups (broad SMARTS) is 1. The number of urea groups is 1. The second-order valence-corrected chi connectivity index (χ2v) is 4.41. The largest absolute Gasteiger partial charge is 0.480 e. The van der Waals surface area contributed by atoms with Crippen LogP contribution in [0.2, 0.25) is 0 Å². The van der Waals surface area contributed by atoms with E-state index in [4.69, 9.17) is 11.5 Å². The number of amides is 2. The van der Waals surface area contributed by atoms with Gasteiger partial charge < -0.3 is 15.3 Å². The lowest BCUT2D eigenvalue weighted by molar-refractivity contribution is -0.137. The van der Waals surface area contributed by atoms with Crippen LogP contribution in [0, 0.1) is 19.3 Å². The van der Waals surface area contributed by atoms with Gasteiger partial charge in [0.25, 0.3) is 0 Å². The highest BCUT2D eigenvalue weighted by molar-refractivity contribution is 7.09. The quantitative estimate of drug-likeness (QED) is 0.769. The summed E-state index contributed by atoms with van der Waals surface area (Å²) < 4.78 is 0. The zero-order valence-corrected chi connectivity index (χ0v) is 10.7. The Morgan fingerprint density at radius 2 is 2.39 bits per heavy atom. The average molecular weight is 267 g/mol. The molecule has 0 saturated carbocycles. The van der Waals surface area contributed by atoms with Crippen LogP contribution in [-0.4, -0.2) is 40.1 Å². The summed E-state index contributed by atoms with van der Waals surface area (Å²) in [7, 11) is 0. The fraction of sp³-hybridized carbons (Fsp3) is 0.364. The second-order valence-electron chi connectivity index (χ2n) is 3.47. The number of aliphatic carboxylic acids is 1. The highest BCUT2D eigenvalue weighted by Gasteiger charge is 2.15. The van der Waals surface area contributed by atoms with E-state index < -0.39 is 18.5 Å². The Balaban J connectivity index is 2.54. The Labute approximate surface area is 109 Å². The zero-order valence-electron chi connectivity index (χ0n) is 9.84. The second kappa shape index (κ2) is 6.61. The van der Waals surface area contributed by atoms with Crippen LogP contribution in [-0.2, 0) is 11.3 Å². The molecule has 18 heavy (non-hydrogen) atoms. The molecule has 0 radical (unpaired) electrons. The van der Waals surface area contributed by atoms with Crippen LogP contribution in [0.25, 0.3) is 0 Å². The zero-order chi connectivity index (χ0) is 13.5. The number of rotatable bonds is 5. The van der Waals surface area contributed by atoms with E-state index in [1.54, 1.807) is 5.51 Å². The van der Waals surface area contributed by atoms with Crippen LogP contribution in [0.15, 0.2) is 5.51 Å². The number of nitrogens with one attached hydrogen (secondary N) is 1. The minimum atomic E-state index is -1.10. The molecule has 0 unspecified atom stereocenters. The molecule has 1 aromatic heterocycles. The highest BCUT2D eigenvalue weighted by atomic mass is 32.1. The molecule has 0 aliphatic carbocycles. The number of aryl methyl sites for hydroxylation is 1. The third-order valence-electron chi connectivity index (χ3n) is 2.14. The molecule has 0 spiro atoms. The third-order valence-corrected chi connectivity index (χ3v) is 3.08. The van der Waals surface area contributed by atoms with E-state index in [1.165, 1.54) is 11.3 Å². The van der Waals surface area contributed by atoms with Crippen molar-refractivity contribution >= 4 is 23.3 Å². The number of carbonyl (C=O) groups excluding carboxylic acids is 1. The predicted molar refractivity (Wildman–Crippen MR) is 67.1 cm³/mol. The first-order valence-corrected chi connectivity index (χ1v) is 5.99. The molecule has 1 heterocycles. The molecule has 0 aromatic carbocycles. The van der Waals surface area contributed by atoms with Gasteiger partial charge in [0.05, 0.1) is 24.3 Å². The van der Waals surface area contributed by atoms with Gasteiger partial charge >= 0.3 is 12.0 Å². The van der Waals surface area contributed by atoms with E-state index >= 15 is 0 Å². The van der Waals surface area contributed by atoms with Gasteiger partial charge in [-0.25, -0.2) is 9.78 Å². The topological polar surface area (TPSA) is 82.5 Å². The lowest BCUT2D eigenvalue weighted by Crippen LogP contribution is -2.42. The number of carbonyl (C=O) groups is 2. The Bertz CT molecular complexity index is 478. The number of hydrogen-bond donors (Lipinski definition) is 2. The molecular formula is C11H13N3O3S. The molecule has 2 amide bonds. The van der Waals surface area contributed by atoms with Crippen LogP contribution in [0.4, 0.5) is 4.79 Å². The first-order valence-electron chi connectivity index (χ1n) is 5.11. The molecule has 0 aliphatic heterocycles. The normalized spacial score (nSPS) is 9.56. The maximum absolute atomic E-state index is 11.7. The van der Waals surface area contributed by atoms with Crippen LogP contribution < -0.4 is 5.32 Å². The van der Waals surface area contributed by atoms with Crippen molar-refractivity contribution in [2.75, 3.05) is 13.1 Å². The van der Waals surface area contributed by atoms with Gasteiger partial charge in [0, 0.05) is 4.88 Å². The van der Waals surface area contributed by atoms with Crippen molar-refractivity contribution in [1.29, 1.82) is 0 Å². The van der Waals surface area contributed by atoms with Gasteiger partial charge in [-0.05, 0) is 6.92 Å². The van der Waals surface area contributed by atoms with E-state index in [9.17, 15) is 9.59 Å². The van der Waals surface area contributed by atoms with Crippen molar-refractivity contribution in [3.63, 3.8) is 0 Å². The molecular weight excluding hydrogens is 254 g/mol. The molecule has 0 atom stereocenters. The summed E-state index contributed by atoms with van der Waals surface area (Å²) in [6.07, 6.45) is 5.09. The summed E-state index contributed by atoms with van der Waals surface area (Å²) in [5.74, 6) is 1.15.